The minimum Gasteiger partial charge on any atom is -0.494 e. The Hall–Kier alpha value is -3.91. The van der Waals surface area contributed by atoms with Gasteiger partial charge in [0.05, 0.1) is 6.61 Å². The second kappa shape index (κ2) is 10.1. The number of benzene rings is 3. The average molecular weight is 462 g/mol. The summed E-state index contributed by atoms with van der Waals surface area (Å²) in [5, 5.41) is 5.76. The number of carbonyl (C=O) groups is 1. The number of fused-ring (bicyclic) bond motifs is 1. The molecule has 0 aliphatic heterocycles. The smallest absolute Gasteiger partial charge is 0.264 e. The van der Waals surface area contributed by atoms with Crippen LogP contribution in [0.1, 0.15) is 12.5 Å². The second-order valence-electron chi connectivity index (χ2n) is 7.26. The molecule has 3 aromatic carbocycles. The van der Waals surface area contributed by atoms with Crippen LogP contribution in [0.5, 0.6) is 11.5 Å². The Balaban J connectivity index is 1.35. The van der Waals surface area contributed by atoms with E-state index in [1.807, 2.05) is 62.4 Å². The van der Waals surface area contributed by atoms with Crippen molar-refractivity contribution in [2.45, 2.75) is 13.8 Å². The van der Waals surface area contributed by atoms with E-state index in [9.17, 15) is 4.79 Å². The third-order valence-corrected chi connectivity index (χ3v) is 4.91. The molecular weight excluding hydrogens is 438 g/mol. The van der Waals surface area contributed by atoms with Gasteiger partial charge in [-0.05, 0) is 80.7 Å². The molecule has 0 saturated carbocycles. The molecule has 4 rings (SSSR count). The minimum absolute atomic E-state index is 0.140. The van der Waals surface area contributed by atoms with E-state index in [-0.39, 0.29) is 17.6 Å². The van der Waals surface area contributed by atoms with Gasteiger partial charge in [0.2, 0.25) is 5.89 Å². The molecule has 33 heavy (non-hydrogen) atoms. The molecule has 0 fully saturated rings. The summed E-state index contributed by atoms with van der Waals surface area (Å²) >= 11 is 5.24. The van der Waals surface area contributed by atoms with Crippen LogP contribution in [0.2, 0.25) is 0 Å². The number of ether oxygens (including phenoxy) is 2. The van der Waals surface area contributed by atoms with E-state index in [0.29, 0.717) is 35.0 Å². The molecule has 7 nitrogen and oxygen atoms in total. The van der Waals surface area contributed by atoms with Crippen molar-refractivity contribution in [3.8, 4) is 23.0 Å². The molecular formula is C25H23N3O4S. The number of amides is 1. The molecule has 0 bridgehead atoms. The molecule has 168 valence electrons. The second-order valence-corrected chi connectivity index (χ2v) is 7.67. The van der Waals surface area contributed by atoms with Crippen LogP contribution < -0.4 is 20.1 Å². The number of oxazole rings is 1. The summed E-state index contributed by atoms with van der Waals surface area (Å²) in [6.45, 7) is 4.40. The van der Waals surface area contributed by atoms with Gasteiger partial charge in [0.25, 0.3) is 5.91 Å². The van der Waals surface area contributed by atoms with Crippen molar-refractivity contribution in [1.82, 2.24) is 10.3 Å². The molecule has 0 aliphatic rings. The van der Waals surface area contributed by atoms with Gasteiger partial charge < -0.3 is 19.2 Å². The van der Waals surface area contributed by atoms with Crippen molar-refractivity contribution in [2.75, 3.05) is 18.5 Å². The maximum Gasteiger partial charge on any atom is 0.264 e. The van der Waals surface area contributed by atoms with Crippen molar-refractivity contribution in [3.63, 3.8) is 0 Å². The van der Waals surface area contributed by atoms with Crippen LogP contribution in [-0.2, 0) is 4.79 Å². The highest BCUT2D eigenvalue weighted by Crippen LogP contribution is 2.27. The van der Waals surface area contributed by atoms with Gasteiger partial charge in [-0.3, -0.25) is 10.1 Å². The fourth-order valence-electron chi connectivity index (χ4n) is 3.10. The van der Waals surface area contributed by atoms with Crippen LogP contribution in [-0.4, -0.2) is 29.2 Å². The Bertz CT molecular complexity index is 1270. The average Bonchev–Trinajstić information content (AvgIpc) is 3.23. The molecule has 2 N–H and O–H groups in total. The van der Waals surface area contributed by atoms with E-state index in [4.69, 9.17) is 26.1 Å². The van der Waals surface area contributed by atoms with Crippen LogP contribution in [0.15, 0.2) is 71.1 Å². The van der Waals surface area contributed by atoms with E-state index in [1.54, 1.807) is 18.2 Å². The van der Waals surface area contributed by atoms with E-state index in [0.717, 1.165) is 16.9 Å². The zero-order valence-electron chi connectivity index (χ0n) is 18.3. The third kappa shape index (κ3) is 5.87. The SMILES string of the molecule is CCOc1ccc(-c2nc3cc(NC(=S)NC(=O)COc4ccc(C)cc4)ccc3o2)cc1. The van der Waals surface area contributed by atoms with Crippen LogP contribution in [0.25, 0.3) is 22.6 Å². The summed E-state index contributed by atoms with van der Waals surface area (Å²) in [6.07, 6.45) is 0. The maximum atomic E-state index is 12.1. The number of carbonyl (C=O) groups excluding carboxylic acids is 1. The number of thiocarbonyl (C=S) groups is 1. The number of hydrogen-bond donors (Lipinski definition) is 2. The summed E-state index contributed by atoms with van der Waals surface area (Å²) in [5.74, 6) is 1.57. The van der Waals surface area contributed by atoms with Crippen LogP contribution >= 0.6 is 12.2 Å². The van der Waals surface area contributed by atoms with Gasteiger partial charge in [-0.1, -0.05) is 17.7 Å². The summed E-state index contributed by atoms with van der Waals surface area (Å²) in [4.78, 5) is 16.7. The van der Waals surface area contributed by atoms with Gasteiger partial charge in [0.1, 0.15) is 17.0 Å². The van der Waals surface area contributed by atoms with E-state index < -0.39 is 0 Å². The van der Waals surface area contributed by atoms with Gasteiger partial charge in [-0.15, -0.1) is 0 Å². The molecule has 4 aromatic rings. The molecule has 1 aromatic heterocycles. The number of aryl methyl sites for hydroxylation is 1. The van der Waals surface area contributed by atoms with E-state index in [1.165, 1.54) is 0 Å². The third-order valence-electron chi connectivity index (χ3n) is 4.70. The van der Waals surface area contributed by atoms with E-state index in [2.05, 4.69) is 15.6 Å². The molecule has 0 spiro atoms. The lowest BCUT2D eigenvalue weighted by Gasteiger charge is -2.10. The van der Waals surface area contributed by atoms with Gasteiger partial charge >= 0.3 is 0 Å². The highest BCUT2D eigenvalue weighted by molar-refractivity contribution is 7.80. The van der Waals surface area contributed by atoms with Gasteiger partial charge in [0.15, 0.2) is 17.3 Å². The van der Waals surface area contributed by atoms with Crippen LogP contribution in [0.3, 0.4) is 0 Å². The van der Waals surface area contributed by atoms with Gasteiger partial charge in [0, 0.05) is 11.3 Å². The number of rotatable bonds is 7. The summed E-state index contributed by atoms with van der Waals surface area (Å²) in [5.41, 5.74) is 3.96. The zero-order chi connectivity index (χ0) is 23.2. The molecule has 0 radical (unpaired) electrons. The predicted molar refractivity (Wildman–Crippen MR) is 132 cm³/mol. The Morgan fingerprint density at radius 1 is 1.00 bits per heavy atom. The standard InChI is InChI=1S/C25H23N3O4S/c1-3-30-19-11-6-17(7-12-19)24-27-21-14-18(8-13-22(21)32-24)26-25(33)28-23(29)15-31-20-9-4-16(2)5-10-20/h4-14H,3,15H2,1-2H3,(H2,26,28,29,33). The topological polar surface area (TPSA) is 85.6 Å². The van der Waals surface area contributed by atoms with Crippen LogP contribution in [0.4, 0.5) is 5.69 Å². The normalized spacial score (nSPS) is 10.6. The maximum absolute atomic E-state index is 12.1. The van der Waals surface area contributed by atoms with Gasteiger partial charge in [-0.2, -0.15) is 0 Å². The number of hydrogen-bond acceptors (Lipinski definition) is 6. The highest BCUT2D eigenvalue weighted by atomic mass is 32.1. The Morgan fingerprint density at radius 2 is 1.70 bits per heavy atom. The van der Waals surface area contributed by atoms with Crippen molar-refractivity contribution in [3.05, 3.63) is 72.3 Å². The Morgan fingerprint density at radius 3 is 2.42 bits per heavy atom. The number of nitrogens with one attached hydrogen (secondary N) is 2. The fraction of sp³-hybridized carbons (Fsp3) is 0.160. The summed E-state index contributed by atoms with van der Waals surface area (Å²) in [6, 6.07) is 20.4. The lowest BCUT2D eigenvalue weighted by atomic mass is 10.2. The molecule has 0 atom stereocenters. The lowest BCUT2D eigenvalue weighted by molar-refractivity contribution is -0.121. The first-order valence-corrected chi connectivity index (χ1v) is 10.8. The van der Waals surface area contributed by atoms with Crippen molar-refractivity contribution >= 4 is 40.0 Å². The quantitative estimate of drug-likeness (QED) is 0.371. The minimum atomic E-state index is -0.353. The van der Waals surface area contributed by atoms with Crippen LogP contribution in [0, 0.1) is 6.92 Å². The zero-order valence-corrected chi connectivity index (χ0v) is 19.1. The molecule has 8 heteroatoms. The van der Waals surface area contributed by atoms with Crippen molar-refractivity contribution < 1.29 is 18.7 Å². The molecule has 0 unspecified atom stereocenters. The molecule has 0 aliphatic carbocycles. The number of aromatic nitrogens is 1. The number of anilines is 1. The molecule has 0 saturated heterocycles. The first-order valence-electron chi connectivity index (χ1n) is 10.4. The van der Waals surface area contributed by atoms with Crippen molar-refractivity contribution in [2.24, 2.45) is 0 Å². The van der Waals surface area contributed by atoms with Crippen molar-refractivity contribution in [1.29, 1.82) is 0 Å². The monoisotopic (exact) mass is 461 g/mol. The summed E-state index contributed by atoms with van der Waals surface area (Å²) in [7, 11) is 0. The highest BCUT2D eigenvalue weighted by Gasteiger charge is 2.11. The van der Waals surface area contributed by atoms with E-state index >= 15 is 0 Å². The van der Waals surface area contributed by atoms with Gasteiger partial charge in [-0.25, -0.2) is 4.98 Å². The largest absolute Gasteiger partial charge is 0.494 e. The lowest BCUT2D eigenvalue weighted by Crippen LogP contribution is -2.37. The predicted octanol–water partition coefficient (Wildman–Crippen LogP) is 5.09. The summed E-state index contributed by atoms with van der Waals surface area (Å²) < 4.78 is 16.8. The molecule has 1 amide bonds. The fourth-order valence-corrected chi connectivity index (χ4v) is 3.33. The molecule has 1 heterocycles. The number of nitrogens with zero attached hydrogens (tertiary/aromatic N) is 1. The first-order chi connectivity index (χ1) is 16.0. The first kappa shape index (κ1) is 22.3. The Labute approximate surface area is 196 Å². The Kier molecular flexibility index (Phi) is 6.85.